The van der Waals surface area contributed by atoms with Crippen LogP contribution in [0, 0.1) is 0 Å². The minimum Gasteiger partial charge on any atom is -0.370 e. The summed E-state index contributed by atoms with van der Waals surface area (Å²) in [6, 6.07) is 5.98. The SMILES string of the molecule is CC(=O)c1ccccc1OS(N)(=O)=O. The summed E-state index contributed by atoms with van der Waals surface area (Å²) < 4.78 is 25.7. The first-order chi connectivity index (χ1) is 6.40. The van der Waals surface area contributed by atoms with Crippen LogP contribution in [0.15, 0.2) is 24.3 Å². The van der Waals surface area contributed by atoms with Crippen molar-refractivity contribution in [2.75, 3.05) is 0 Å². The van der Waals surface area contributed by atoms with E-state index in [1.807, 2.05) is 0 Å². The molecule has 1 aromatic carbocycles. The number of hydrogen-bond acceptors (Lipinski definition) is 4. The van der Waals surface area contributed by atoms with E-state index >= 15 is 0 Å². The van der Waals surface area contributed by atoms with Crippen molar-refractivity contribution < 1.29 is 17.4 Å². The van der Waals surface area contributed by atoms with Crippen LogP contribution >= 0.6 is 0 Å². The fourth-order valence-corrected chi connectivity index (χ4v) is 1.35. The number of Topliss-reactive ketones (excluding diaryl/α,β-unsaturated/α-hetero) is 1. The summed E-state index contributed by atoms with van der Waals surface area (Å²) in [5.74, 6) is -0.341. The Balaban J connectivity index is 3.15. The lowest BCUT2D eigenvalue weighted by molar-refractivity contribution is 0.101. The molecule has 1 aromatic rings. The van der Waals surface area contributed by atoms with Crippen molar-refractivity contribution >= 4 is 16.1 Å². The van der Waals surface area contributed by atoms with Crippen molar-refractivity contribution in [3.8, 4) is 5.75 Å². The molecule has 0 spiro atoms. The van der Waals surface area contributed by atoms with Gasteiger partial charge in [0.05, 0.1) is 5.56 Å². The van der Waals surface area contributed by atoms with Crippen LogP contribution in [0.2, 0.25) is 0 Å². The Morgan fingerprint density at radius 3 is 2.43 bits per heavy atom. The van der Waals surface area contributed by atoms with E-state index in [-0.39, 0.29) is 17.1 Å². The van der Waals surface area contributed by atoms with E-state index in [9.17, 15) is 13.2 Å². The van der Waals surface area contributed by atoms with Gasteiger partial charge < -0.3 is 4.18 Å². The normalized spacial score (nSPS) is 11.0. The molecule has 0 radical (unpaired) electrons. The molecular weight excluding hydrogens is 206 g/mol. The number of carbonyl (C=O) groups is 1. The van der Waals surface area contributed by atoms with Gasteiger partial charge in [0.2, 0.25) is 0 Å². The molecule has 6 heteroatoms. The molecular formula is C8H9NO4S. The standard InChI is InChI=1S/C8H9NO4S/c1-6(10)7-4-2-3-5-8(7)13-14(9,11)12/h2-5H,1H3,(H2,9,11,12). The smallest absolute Gasteiger partial charge is 0.370 e. The number of para-hydroxylation sites is 1. The highest BCUT2D eigenvalue weighted by molar-refractivity contribution is 7.84. The lowest BCUT2D eigenvalue weighted by atomic mass is 10.1. The second-order valence-electron chi connectivity index (χ2n) is 2.63. The average molecular weight is 215 g/mol. The molecule has 14 heavy (non-hydrogen) atoms. The molecule has 0 aliphatic carbocycles. The largest absolute Gasteiger partial charge is 0.380 e. The van der Waals surface area contributed by atoms with E-state index in [0.717, 1.165) is 0 Å². The fraction of sp³-hybridized carbons (Fsp3) is 0.125. The van der Waals surface area contributed by atoms with Crippen LogP contribution < -0.4 is 9.32 Å². The maximum Gasteiger partial charge on any atom is 0.380 e. The van der Waals surface area contributed by atoms with Crippen LogP contribution in [0.1, 0.15) is 17.3 Å². The maximum absolute atomic E-state index is 11.0. The van der Waals surface area contributed by atoms with Gasteiger partial charge in [-0.15, -0.1) is 0 Å². The van der Waals surface area contributed by atoms with E-state index in [0.29, 0.717) is 0 Å². The lowest BCUT2D eigenvalue weighted by Crippen LogP contribution is -2.20. The first kappa shape index (κ1) is 10.7. The minimum atomic E-state index is -4.09. The minimum absolute atomic E-state index is 0.0532. The van der Waals surface area contributed by atoms with Crippen LogP contribution in [0.25, 0.3) is 0 Å². The monoisotopic (exact) mass is 215 g/mol. The van der Waals surface area contributed by atoms with Gasteiger partial charge in [-0.25, -0.2) is 0 Å². The van der Waals surface area contributed by atoms with E-state index in [1.165, 1.54) is 19.1 Å². The van der Waals surface area contributed by atoms with Crippen molar-refractivity contribution in [2.24, 2.45) is 5.14 Å². The van der Waals surface area contributed by atoms with Gasteiger partial charge in [-0.3, -0.25) is 4.79 Å². The van der Waals surface area contributed by atoms with Crippen LogP contribution in [-0.4, -0.2) is 14.2 Å². The van der Waals surface area contributed by atoms with Crippen molar-refractivity contribution in [1.82, 2.24) is 0 Å². The van der Waals surface area contributed by atoms with E-state index in [1.54, 1.807) is 12.1 Å². The topological polar surface area (TPSA) is 86.5 Å². The zero-order valence-electron chi connectivity index (χ0n) is 7.43. The van der Waals surface area contributed by atoms with E-state index < -0.39 is 10.3 Å². The molecule has 76 valence electrons. The second kappa shape index (κ2) is 3.77. The molecule has 0 bridgehead atoms. The fourth-order valence-electron chi connectivity index (χ4n) is 0.955. The van der Waals surface area contributed by atoms with Gasteiger partial charge in [-0.05, 0) is 19.1 Å². The first-order valence-corrected chi connectivity index (χ1v) is 5.19. The summed E-state index contributed by atoms with van der Waals surface area (Å²) in [7, 11) is -4.09. The zero-order valence-corrected chi connectivity index (χ0v) is 8.24. The predicted molar refractivity (Wildman–Crippen MR) is 50.2 cm³/mol. The Morgan fingerprint density at radius 1 is 1.36 bits per heavy atom. The maximum atomic E-state index is 11.0. The summed E-state index contributed by atoms with van der Waals surface area (Å²) in [5, 5.41) is 4.68. The molecule has 0 amide bonds. The molecule has 2 N–H and O–H groups in total. The van der Waals surface area contributed by atoms with Gasteiger partial charge in [-0.1, -0.05) is 12.1 Å². The number of benzene rings is 1. The Bertz CT molecular complexity index is 452. The molecule has 0 aromatic heterocycles. The predicted octanol–water partition coefficient (Wildman–Crippen LogP) is 0.472. The number of hydrogen-bond donors (Lipinski definition) is 1. The third kappa shape index (κ3) is 2.82. The molecule has 0 aliphatic rings. The molecule has 0 atom stereocenters. The Morgan fingerprint density at radius 2 is 1.93 bits per heavy atom. The quantitative estimate of drug-likeness (QED) is 0.742. The molecule has 1 rings (SSSR count). The summed E-state index contributed by atoms with van der Waals surface area (Å²) in [4.78, 5) is 11.0. The summed E-state index contributed by atoms with van der Waals surface area (Å²) >= 11 is 0. The van der Waals surface area contributed by atoms with Crippen molar-refractivity contribution in [3.63, 3.8) is 0 Å². The third-order valence-electron chi connectivity index (χ3n) is 1.47. The van der Waals surface area contributed by atoms with Gasteiger partial charge in [0.25, 0.3) is 0 Å². The van der Waals surface area contributed by atoms with Crippen LogP contribution in [-0.2, 0) is 10.3 Å². The number of ketones is 1. The van der Waals surface area contributed by atoms with Gasteiger partial charge >= 0.3 is 10.3 Å². The lowest BCUT2D eigenvalue weighted by Gasteiger charge is -2.05. The highest BCUT2D eigenvalue weighted by atomic mass is 32.2. The first-order valence-electron chi connectivity index (χ1n) is 3.72. The summed E-state index contributed by atoms with van der Waals surface area (Å²) in [6.45, 7) is 1.31. The van der Waals surface area contributed by atoms with Crippen molar-refractivity contribution in [1.29, 1.82) is 0 Å². The Kier molecular flexibility index (Phi) is 2.87. The zero-order chi connectivity index (χ0) is 10.8. The van der Waals surface area contributed by atoms with Gasteiger partial charge in [0.15, 0.2) is 11.5 Å². The van der Waals surface area contributed by atoms with E-state index in [4.69, 9.17) is 0 Å². The molecule has 0 aliphatic heterocycles. The van der Waals surface area contributed by atoms with Gasteiger partial charge in [-0.2, -0.15) is 13.6 Å². The molecule has 0 heterocycles. The van der Waals surface area contributed by atoms with Gasteiger partial charge in [0, 0.05) is 0 Å². The number of carbonyl (C=O) groups excluding carboxylic acids is 1. The molecule has 0 fully saturated rings. The summed E-state index contributed by atoms with van der Waals surface area (Å²) in [6.07, 6.45) is 0. The highest BCUT2D eigenvalue weighted by Gasteiger charge is 2.12. The van der Waals surface area contributed by atoms with E-state index in [2.05, 4.69) is 9.32 Å². The Labute approximate surface area is 81.7 Å². The van der Waals surface area contributed by atoms with Crippen LogP contribution in [0.5, 0.6) is 5.75 Å². The molecule has 0 saturated heterocycles. The Hall–Kier alpha value is -1.40. The molecule has 0 unspecified atom stereocenters. The number of nitrogens with two attached hydrogens (primary N) is 1. The van der Waals surface area contributed by atoms with Crippen LogP contribution in [0.3, 0.4) is 0 Å². The van der Waals surface area contributed by atoms with Crippen molar-refractivity contribution in [2.45, 2.75) is 6.92 Å². The van der Waals surface area contributed by atoms with Crippen LogP contribution in [0.4, 0.5) is 0 Å². The third-order valence-corrected chi connectivity index (χ3v) is 1.88. The summed E-state index contributed by atoms with van der Waals surface area (Å²) in [5.41, 5.74) is 0.182. The average Bonchev–Trinajstić information content (AvgIpc) is 2.01. The second-order valence-corrected chi connectivity index (χ2v) is 3.78. The number of rotatable bonds is 3. The van der Waals surface area contributed by atoms with Gasteiger partial charge in [0.1, 0.15) is 0 Å². The molecule has 0 saturated carbocycles. The molecule has 5 nitrogen and oxygen atoms in total. The van der Waals surface area contributed by atoms with Crippen molar-refractivity contribution in [3.05, 3.63) is 29.8 Å². The highest BCUT2D eigenvalue weighted by Crippen LogP contribution is 2.19.